The third-order valence-electron chi connectivity index (χ3n) is 2.13. The summed E-state index contributed by atoms with van der Waals surface area (Å²) >= 11 is 0. The van der Waals surface area contributed by atoms with Crippen LogP contribution in [0.5, 0.6) is 5.75 Å². The summed E-state index contributed by atoms with van der Waals surface area (Å²) in [6, 6.07) is 3.96. The molecule has 7 nitrogen and oxygen atoms in total. The summed E-state index contributed by atoms with van der Waals surface area (Å²) in [4.78, 5) is 21.7. The Morgan fingerprint density at radius 2 is 2.22 bits per heavy atom. The highest BCUT2D eigenvalue weighted by molar-refractivity contribution is 5.94. The zero-order valence-corrected chi connectivity index (χ0v) is 9.80. The van der Waals surface area contributed by atoms with Gasteiger partial charge in [0.1, 0.15) is 17.4 Å². The summed E-state index contributed by atoms with van der Waals surface area (Å²) in [6.07, 6.45) is 0. The lowest BCUT2D eigenvalue weighted by molar-refractivity contribution is -0.385. The molecule has 0 saturated heterocycles. The van der Waals surface area contributed by atoms with Gasteiger partial charge in [0.15, 0.2) is 0 Å². The van der Waals surface area contributed by atoms with E-state index in [9.17, 15) is 14.9 Å². The molecule has 0 spiro atoms. The van der Waals surface area contributed by atoms with Gasteiger partial charge in [0.2, 0.25) is 0 Å². The lowest BCUT2D eigenvalue weighted by atomic mass is 10.1. The topological polar surface area (TPSA) is 102 Å². The molecule has 0 unspecified atom stereocenters. The van der Waals surface area contributed by atoms with Crippen molar-refractivity contribution in [2.75, 3.05) is 13.7 Å². The number of esters is 1. The van der Waals surface area contributed by atoms with Crippen LogP contribution in [0.1, 0.15) is 22.8 Å². The molecule has 0 atom stereocenters. The van der Waals surface area contributed by atoms with Gasteiger partial charge in [-0.05, 0) is 13.0 Å². The zero-order valence-electron chi connectivity index (χ0n) is 9.80. The number of nitro benzene ring substituents is 1. The summed E-state index contributed by atoms with van der Waals surface area (Å²) in [6.45, 7) is 1.70. The van der Waals surface area contributed by atoms with Gasteiger partial charge < -0.3 is 9.47 Å². The summed E-state index contributed by atoms with van der Waals surface area (Å²) in [5, 5.41) is 19.8. The van der Waals surface area contributed by atoms with Crippen molar-refractivity contribution in [1.29, 1.82) is 5.26 Å². The van der Waals surface area contributed by atoms with Crippen LogP contribution in [0, 0.1) is 21.4 Å². The van der Waals surface area contributed by atoms with Gasteiger partial charge in [0.25, 0.3) is 5.69 Å². The standard InChI is InChI=1S/C11H10N2O5/c1-3-18-11(14)8-4-7(17-2)5-10(13(15)16)9(8)6-12/h4-5H,3H2,1-2H3. The van der Waals surface area contributed by atoms with Crippen molar-refractivity contribution in [2.45, 2.75) is 6.92 Å². The van der Waals surface area contributed by atoms with Gasteiger partial charge >= 0.3 is 5.97 Å². The number of nitriles is 1. The number of rotatable bonds is 4. The Kier molecular flexibility index (Phi) is 4.21. The van der Waals surface area contributed by atoms with E-state index in [0.29, 0.717) is 0 Å². The highest BCUT2D eigenvalue weighted by Crippen LogP contribution is 2.28. The van der Waals surface area contributed by atoms with Gasteiger partial charge in [-0.1, -0.05) is 0 Å². The molecule has 7 heteroatoms. The van der Waals surface area contributed by atoms with Gasteiger partial charge in [0.05, 0.1) is 30.3 Å². The molecule has 0 aliphatic rings. The van der Waals surface area contributed by atoms with Crippen molar-refractivity contribution in [3.05, 3.63) is 33.4 Å². The number of methoxy groups -OCH3 is 1. The van der Waals surface area contributed by atoms with Gasteiger partial charge in [0, 0.05) is 0 Å². The van der Waals surface area contributed by atoms with Crippen molar-refractivity contribution in [3.8, 4) is 11.8 Å². The quantitative estimate of drug-likeness (QED) is 0.457. The van der Waals surface area contributed by atoms with Crippen LogP contribution in [0.15, 0.2) is 12.1 Å². The maximum Gasteiger partial charge on any atom is 0.339 e. The molecule has 0 saturated carbocycles. The van der Waals surface area contributed by atoms with Crippen LogP contribution in [-0.2, 0) is 4.74 Å². The number of benzene rings is 1. The summed E-state index contributed by atoms with van der Waals surface area (Å²) < 4.78 is 9.59. The molecular weight excluding hydrogens is 240 g/mol. The fourth-order valence-corrected chi connectivity index (χ4v) is 1.35. The average molecular weight is 250 g/mol. The zero-order chi connectivity index (χ0) is 13.7. The predicted molar refractivity (Wildman–Crippen MR) is 60.3 cm³/mol. The van der Waals surface area contributed by atoms with E-state index in [1.54, 1.807) is 13.0 Å². The molecule has 0 aliphatic heterocycles. The first-order chi connectivity index (χ1) is 8.54. The van der Waals surface area contributed by atoms with E-state index in [1.807, 2.05) is 0 Å². The van der Waals surface area contributed by atoms with Gasteiger partial charge in [-0.2, -0.15) is 5.26 Å². The first kappa shape index (κ1) is 13.4. The first-order valence-corrected chi connectivity index (χ1v) is 4.98. The molecule has 1 aromatic rings. The minimum atomic E-state index is -0.795. The van der Waals surface area contributed by atoms with Crippen molar-refractivity contribution < 1.29 is 19.2 Å². The normalized spacial score (nSPS) is 9.39. The Labute approximate surface area is 103 Å². The van der Waals surface area contributed by atoms with Crippen LogP contribution in [0.25, 0.3) is 0 Å². The Morgan fingerprint density at radius 1 is 1.56 bits per heavy atom. The smallest absolute Gasteiger partial charge is 0.339 e. The highest BCUT2D eigenvalue weighted by atomic mass is 16.6. The minimum Gasteiger partial charge on any atom is -0.496 e. The fraction of sp³-hybridized carbons (Fsp3) is 0.273. The summed E-state index contributed by atoms with van der Waals surface area (Å²) in [5.74, 6) is -0.681. The first-order valence-electron chi connectivity index (χ1n) is 4.98. The van der Waals surface area contributed by atoms with Crippen molar-refractivity contribution in [3.63, 3.8) is 0 Å². The number of carbonyl (C=O) groups is 1. The number of hydrogen-bond donors (Lipinski definition) is 0. The Bertz CT molecular complexity index is 533. The maximum absolute atomic E-state index is 11.6. The van der Waals surface area contributed by atoms with Crippen molar-refractivity contribution in [1.82, 2.24) is 0 Å². The fourth-order valence-electron chi connectivity index (χ4n) is 1.35. The SMILES string of the molecule is CCOC(=O)c1cc(OC)cc([N+](=O)[O-])c1C#N. The van der Waals surface area contributed by atoms with E-state index in [2.05, 4.69) is 0 Å². The summed E-state index contributed by atoms with van der Waals surface area (Å²) in [7, 11) is 1.31. The average Bonchev–Trinajstić information content (AvgIpc) is 2.37. The molecule has 0 N–H and O–H groups in total. The van der Waals surface area contributed by atoms with E-state index < -0.39 is 16.6 Å². The number of carbonyl (C=O) groups excluding carboxylic acids is 1. The van der Waals surface area contributed by atoms with Crippen LogP contribution in [-0.4, -0.2) is 24.6 Å². The summed E-state index contributed by atoms with van der Waals surface area (Å²) in [5.41, 5.74) is -0.996. The second-order valence-corrected chi connectivity index (χ2v) is 3.16. The number of nitro groups is 1. The van der Waals surface area contributed by atoms with Gasteiger partial charge in [-0.3, -0.25) is 10.1 Å². The van der Waals surface area contributed by atoms with Gasteiger partial charge in [-0.15, -0.1) is 0 Å². The monoisotopic (exact) mass is 250 g/mol. The van der Waals surface area contributed by atoms with Crippen molar-refractivity contribution >= 4 is 11.7 Å². The largest absolute Gasteiger partial charge is 0.496 e. The molecule has 0 bridgehead atoms. The minimum absolute atomic E-state index is 0.106. The Hall–Kier alpha value is -2.62. The second-order valence-electron chi connectivity index (χ2n) is 3.16. The maximum atomic E-state index is 11.6. The van der Waals surface area contributed by atoms with Crippen LogP contribution in [0.2, 0.25) is 0 Å². The van der Waals surface area contributed by atoms with E-state index in [-0.39, 0.29) is 23.5 Å². The molecule has 0 fully saturated rings. The lowest BCUT2D eigenvalue weighted by Crippen LogP contribution is -2.09. The third kappa shape index (κ3) is 2.55. The highest BCUT2D eigenvalue weighted by Gasteiger charge is 2.24. The molecule has 18 heavy (non-hydrogen) atoms. The number of hydrogen-bond acceptors (Lipinski definition) is 6. The van der Waals surface area contributed by atoms with E-state index in [0.717, 1.165) is 6.07 Å². The molecular formula is C11H10N2O5. The molecule has 0 radical (unpaired) electrons. The third-order valence-corrected chi connectivity index (χ3v) is 2.13. The van der Waals surface area contributed by atoms with Crippen molar-refractivity contribution in [2.24, 2.45) is 0 Å². The van der Waals surface area contributed by atoms with E-state index >= 15 is 0 Å². The van der Waals surface area contributed by atoms with Crippen LogP contribution >= 0.6 is 0 Å². The molecule has 0 aromatic heterocycles. The van der Waals surface area contributed by atoms with E-state index in [1.165, 1.54) is 13.2 Å². The Morgan fingerprint density at radius 3 is 2.67 bits per heavy atom. The predicted octanol–water partition coefficient (Wildman–Crippen LogP) is 1.65. The van der Waals surface area contributed by atoms with Crippen LogP contribution in [0.4, 0.5) is 5.69 Å². The second kappa shape index (κ2) is 5.63. The molecule has 1 rings (SSSR count). The van der Waals surface area contributed by atoms with E-state index in [4.69, 9.17) is 14.7 Å². The lowest BCUT2D eigenvalue weighted by Gasteiger charge is -2.07. The molecule has 0 amide bonds. The Balaban J connectivity index is 3.48. The number of nitrogens with zero attached hydrogens (tertiary/aromatic N) is 2. The molecule has 0 aliphatic carbocycles. The van der Waals surface area contributed by atoms with Gasteiger partial charge in [-0.25, -0.2) is 4.79 Å². The number of ether oxygens (including phenoxy) is 2. The molecule has 1 aromatic carbocycles. The molecule has 0 heterocycles. The van der Waals surface area contributed by atoms with Crippen LogP contribution in [0.3, 0.4) is 0 Å². The molecule has 94 valence electrons. The van der Waals surface area contributed by atoms with Crippen LogP contribution < -0.4 is 4.74 Å².